The van der Waals surface area contributed by atoms with E-state index in [-0.39, 0.29) is 24.7 Å². The number of likely N-dealkylation sites (N-methyl/N-ethyl adjacent to an activating group) is 2. The van der Waals surface area contributed by atoms with Crippen molar-refractivity contribution in [3.8, 4) is 11.5 Å². The lowest BCUT2D eigenvalue weighted by Gasteiger charge is -2.15. The summed E-state index contributed by atoms with van der Waals surface area (Å²) < 4.78 is 32.3. The molecule has 11 heteroatoms. The van der Waals surface area contributed by atoms with E-state index in [1.807, 2.05) is 0 Å². The van der Waals surface area contributed by atoms with E-state index in [2.05, 4.69) is 15.5 Å². The Morgan fingerprint density at radius 1 is 1.26 bits per heavy atom. The van der Waals surface area contributed by atoms with Crippen molar-refractivity contribution in [3.63, 3.8) is 0 Å². The summed E-state index contributed by atoms with van der Waals surface area (Å²) in [5.74, 6) is -3.06. The molecule has 1 atom stereocenters. The number of carbonyl (C=O) groups excluding carboxylic acids is 3. The Bertz CT molecular complexity index is 896. The van der Waals surface area contributed by atoms with Crippen LogP contribution in [0.4, 0.5) is 13.6 Å². The molecule has 1 fully saturated rings. The first-order valence-corrected chi connectivity index (χ1v) is 7.87. The molecule has 0 aliphatic carbocycles. The summed E-state index contributed by atoms with van der Waals surface area (Å²) in [6, 6.07) is 1.92. The summed E-state index contributed by atoms with van der Waals surface area (Å²) in [4.78, 5) is 41.6. The molecule has 0 bridgehead atoms. The molecule has 0 radical (unpaired) electrons. The summed E-state index contributed by atoms with van der Waals surface area (Å²) in [5.41, 5.74) is -0.456. The summed E-state index contributed by atoms with van der Waals surface area (Å²) >= 11 is 0. The van der Waals surface area contributed by atoms with Gasteiger partial charge in [0.05, 0.1) is 13.0 Å². The fourth-order valence-corrected chi connectivity index (χ4v) is 2.63. The van der Waals surface area contributed by atoms with Crippen molar-refractivity contribution in [1.29, 1.82) is 0 Å². The second-order valence-electron chi connectivity index (χ2n) is 5.90. The molecule has 3 rings (SSSR count). The minimum Gasteiger partial charge on any atom is -0.349 e. The van der Waals surface area contributed by atoms with Crippen LogP contribution in [-0.4, -0.2) is 57.9 Å². The Balaban J connectivity index is 1.61. The Morgan fingerprint density at radius 3 is 2.52 bits per heavy atom. The highest BCUT2D eigenvalue weighted by Gasteiger charge is 2.41. The third-order valence-corrected chi connectivity index (χ3v) is 4.14. The third-order valence-electron chi connectivity index (χ3n) is 4.14. The molecule has 1 aromatic carbocycles. The highest BCUT2D eigenvalue weighted by atomic mass is 19.1. The lowest BCUT2D eigenvalue weighted by molar-refractivity contribution is -0.131. The van der Waals surface area contributed by atoms with Gasteiger partial charge in [0.2, 0.25) is 5.91 Å². The molecular weight excluding hydrogens is 364 g/mol. The predicted octanol–water partition coefficient (Wildman–Crippen LogP) is 0.913. The van der Waals surface area contributed by atoms with Crippen LogP contribution < -0.4 is 5.32 Å². The van der Waals surface area contributed by atoms with Crippen LogP contribution in [0.2, 0.25) is 0 Å². The maximum absolute atomic E-state index is 13.7. The van der Waals surface area contributed by atoms with Gasteiger partial charge in [-0.3, -0.25) is 14.5 Å². The highest BCUT2D eigenvalue weighted by molar-refractivity contribution is 6.05. The number of carbonyl (C=O) groups is 3. The van der Waals surface area contributed by atoms with Gasteiger partial charge in [-0.1, -0.05) is 11.2 Å². The molecule has 0 unspecified atom stereocenters. The van der Waals surface area contributed by atoms with Gasteiger partial charge in [0.25, 0.3) is 11.8 Å². The summed E-state index contributed by atoms with van der Waals surface area (Å²) in [5, 5.41) is 6.03. The van der Waals surface area contributed by atoms with Gasteiger partial charge in [-0.05, 0) is 12.1 Å². The fourth-order valence-electron chi connectivity index (χ4n) is 2.63. The van der Waals surface area contributed by atoms with Gasteiger partial charge in [0.15, 0.2) is 5.82 Å². The van der Waals surface area contributed by atoms with Gasteiger partial charge in [-0.15, -0.1) is 0 Å². The first-order valence-electron chi connectivity index (χ1n) is 7.87. The molecule has 0 spiro atoms. The second kappa shape index (κ2) is 7.09. The van der Waals surface area contributed by atoms with Gasteiger partial charge in [-0.25, -0.2) is 13.6 Å². The van der Waals surface area contributed by atoms with E-state index in [1.165, 1.54) is 25.1 Å². The number of rotatable bonds is 5. The third kappa shape index (κ3) is 3.48. The quantitative estimate of drug-likeness (QED) is 0.774. The number of hydrogen-bond acceptors (Lipinski definition) is 6. The Labute approximate surface area is 151 Å². The molecule has 1 aliphatic rings. The molecule has 1 aliphatic heterocycles. The van der Waals surface area contributed by atoms with E-state index in [9.17, 15) is 23.2 Å². The van der Waals surface area contributed by atoms with Gasteiger partial charge < -0.3 is 14.7 Å². The summed E-state index contributed by atoms with van der Waals surface area (Å²) in [7, 11) is 2.76. The lowest BCUT2D eigenvalue weighted by atomic mass is 10.2. The molecule has 27 heavy (non-hydrogen) atoms. The number of imide groups is 1. The van der Waals surface area contributed by atoms with Crippen molar-refractivity contribution in [2.45, 2.75) is 19.0 Å². The van der Waals surface area contributed by atoms with Crippen LogP contribution in [0, 0.1) is 11.6 Å². The maximum Gasteiger partial charge on any atom is 0.326 e. The van der Waals surface area contributed by atoms with Crippen LogP contribution in [-0.2, 0) is 16.1 Å². The van der Waals surface area contributed by atoms with Crippen LogP contribution in [0.15, 0.2) is 22.7 Å². The van der Waals surface area contributed by atoms with Crippen molar-refractivity contribution < 1.29 is 27.7 Å². The van der Waals surface area contributed by atoms with E-state index >= 15 is 0 Å². The van der Waals surface area contributed by atoms with Crippen LogP contribution in [0.1, 0.15) is 12.2 Å². The molecule has 0 saturated carbocycles. The van der Waals surface area contributed by atoms with Crippen LogP contribution in [0.25, 0.3) is 11.5 Å². The fraction of sp³-hybridized carbons (Fsp3) is 0.312. The molecule has 4 amide bonds. The second-order valence-corrected chi connectivity index (χ2v) is 5.90. The summed E-state index contributed by atoms with van der Waals surface area (Å²) in [6.45, 7) is -0.174. The molecule has 1 aromatic heterocycles. The van der Waals surface area contributed by atoms with E-state index in [4.69, 9.17) is 4.52 Å². The molecular formula is C16H15F2N5O4. The number of hydrogen-bond donors (Lipinski definition) is 1. The Morgan fingerprint density at radius 2 is 1.93 bits per heavy atom. The smallest absolute Gasteiger partial charge is 0.326 e. The number of nitrogens with zero attached hydrogens (tertiary/aromatic N) is 4. The number of urea groups is 1. The molecule has 2 heterocycles. The number of aromatic nitrogens is 2. The van der Waals surface area contributed by atoms with Crippen LogP contribution in [0.3, 0.4) is 0 Å². The van der Waals surface area contributed by atoms with Crippen molar-refractivity contribution in [3.05, 3.63) is 35.7 Å². The summed E-state index contributed by atoms with van der Waals surface area (Å²) in [6.07, 6.45) is -0.238. The zero-order valence-electron chi connectivity index (χ0n) is 14.4. The average molecular weight is 379 g/mol. The lowest BCUT2D eigenvalue weighted by Crippen LogP contribution is -2.37. The van der Waals surface area contributed by atoms with Gasteiger partial charge in [0, 0.05) is 14.1 Å². The number of nitrogens with one attached hydrogen (secondary N) is 1. The minimum atomic E-state index is -0.893. The average Bonchev–Trinajstić information content (AvgIpc) is 3.16. The predicted molar refractivity (Wildman–Crippen MR) is 85.8 cm³/mol. The zero-order chi connectivity index (χ0) is 19.7. The molecule has 1 N–H and O–H groups in total. The topological polar surface area (TPSA) is 109 Å². The van der Waals surface area contributed by atoms with Crippen molar-refractivity contribution in [2.75, 3.05) is 14.1 Å². The van der Waals surface area contributed by atoms with Crippen molar-refractivity contribution >= 4 is 17.8 Å². The van der Waals surface area contributed by atoms with E-state index in [0.29, 0.717) is 0 Å². The standard InChI is InChI=1S/C16H15F2N5O4/c1-22-10(15(25)23(2)16(22)26)6-12(24)19-7-11-20-14(27-21-11)13-8(17)4-3-5-9(13)18/h3-5,10H,6-7H2,1-2H3,(H,19,24)/t10-/m0/s1. The number of halogens is 2. The SMILES string of the molecule is CN1C(=O)[C@H](CC(=O)NCc2noc(-c3c(F)cccc3F)n2)N(C)C1=O. The molecule has 1 saturated heterocycles. The van der Waals surface area contributed by atoms with Crippen LogP contribution in [0.5, 0.6) is 0 Å². The first kappa shape index (κ1) is 18.4. The van der Waals surface area contributed by atoms with Gasteiger partial charge in [-0.2, -0.15) is 4.98 Å². The van der Waals surface area contributed by atoms with Gasteiger partial charge in [0.1, 0.15) is 23.2 Å². The van der Waals surface area contributed by atoms with Gasteiger partial charge >= 0.3 is 6.03 Å². The van der Waals surface area contributed by atoms with Crippen molar-refractivity contribution in [1.82, 2.24) is 25.3 Å². The van der Waals surface area contributed by atoms with E-state index in [1.54, 1.807) is 0 Å². The van der Waals surface area contributed by atoms with E-state index in [0.717, 1.165) is 17.0 Å². The van der Waals surface area contributed by atoms with Crippen molar-refractivity contribution in [2.24, 2.45) is 0 Å². The Hall–Kier alpha value is -3.37. The number of amides is 4. The minimum absolute atomic E-state index is 0.000278. The number of benzene rings is 1. The highest BCUT2D eigenvalue weighted by Crippen LogP contribution is 2.24. The molecule has 142 valence electrons. The maximum atomic E-state index is 13.7. The monoisotopic (exact) mass is 379 g/mol. The molecule has 9 nitrogen and oxygen atoms in total. The first-order chi connectivity index (χ1) is 12.8. The Kier molecular flexibility index (Phi) is 4.84. The normalized spacial score (nSPS) is 17.0. The zero-order valence-corrected chi connectivity index (χ0v) is 14.4. The molecule has 2 aromatic rings. The van der Waals surface area contributed by atoms with Crippen LogP contribution >= 0.6 is 0 Å². The largest absolute Gasteiger partial charge is 0.349 e. The van der Waals surface area contributed by atoms with E-state index < -0.39 is 41.1 Å².